The zero-order valence-electron chi connectivity index (χ0n) is 10.7. The molecule has 1 aromatic rings. The van der Waals surface area contributed by atoms with Crippen molar-refractivity contribution in [3.8, 4) is 5.75 Å². The lowest BCUT2D eigenvalue weighted by Gasteiger charge is -2.30. The number of ether oxygens (including phenoxy) is 1. The molecule has 1 fully saturated rings. The molecule has 18 heavy (non-hydrogen) atoms. The molecular formula is C12H18N2O3S. The first kappa shape index (κ1) is 13.3. The Balaban J connectivity index is 1.91. The fourth-order valence-corrected chi connectivity index (χ4v) is 2.94. The Kier molecular flexibility index (Phi) is 3.87. The third-order valence-corrected chi connectivity index (χ3v) is 4.33. The van der Waals surface area contributed by atoms with Crippen LogP contribution in [-0.4, -0.2) is 43.2 Å². The van der Waals surface area contributed by atoms with E-state index in [1.165, 1.54) is 10.6 Å². The summed E-state index contributed by atoms with van der Waals surface area (Å²) in [6.45, 7) is 3.03. The number of rotatable bonds is 3. The molecule has 6 heteroatoms. The molecule has 0 unspecified atom stereocenters. The van der Waals surface area contributed by atoms with Gasteiger partial charge in [-0.25, -0.2) is 12.7 Å². The molecule has 5 nitrogen and oxygen atoms in total. The quantitative estimate of drug-likeness (QED) is 0.828. The summed E-state index contributed by atoms with van der Waals surface area (Å²) < 4.78 is 30.1. The molecule has 0 aliphatic carbocycles. The van der Waals surface area contributed by atoms with E-state index in [9.17, 15) is 8.42 Å². The summed E-state index contributed by atoms with van der Waals surface area (Å²) in [5.41, 5.74) is 1.06. The van der Waals surface area contributed by atoms with E-state index < -0.39 is 10.0 Å². The Labute approximate surface area is 108 Å². The van der Waals surface area contributed by atoms with E-state index >= 15 is 0 Å². The van der Waals surface area contributed by atoms with Crippen LogP contribution in [0.3, 0.4) is 0 Å². The van der Waals surface area contributed by atoms with Crippen LogP contribution in [0.15, 0.2) is 18.5 Å². The number of nitrogens with zero attached hydrogens (tertiary/aromatic N) is 2. The molecule has 2 heterocycles. The number of aromatic nitrogens is 1. The Bertz CT molecular complexity index is 508. The molecule has 1 aliphatic rings. The number of hydrogen-bond acceptors (Lipinski definition) is 4. The molecule has 1 aromatic heterocycles. The van der Waals surface area contributed by atoms with Gasteiger partial charge in [0.05, 0.1) is 12.5 Å². The monoisotopic (exact) mass is 270 g/mol. The van der Waals surface area contributed by atoms with Gasteiger partial charge in [0.25, 0.3) is 0 Å². The molecule has 0 radical (unpaired) electrons. The summed E-state index contributed by atoms with van der Waals surface area (Å²) in [5.74, 6) is 0.757. The van der Waals surface area contributed by atoms with Crippen LogP contribution in [0.5, 0.6) is 5.75 Å². The van der Waals surface area contributed by atoms with Crippen LogP contribution in [0, 0.1) is 6.92 Å². The van der Waals surface area contributed by atoms with Gasteiger partial charge < -0.3 is 4.74 Å². The number of hydrogen-bond donors (Lipinski definition) is 0. The highest BCUT2D eigenvalue weighted by Crippen LogP contribution is 2.20. The summed E-state index contributed by atoms with van der Waals surface area (Å²) in [6, 6.07) is 1.94. The summed E-state index contributed by atoms with van der Waals surface area (Å²) >= 11 is 0. The van der Waals surface area contributed by atoms with E-state index in [1.807, 2.05) is 13.0 Å². The van der Waals surface area contributed by atoms with Gasteiger partial charge in [0.2, 0.25) is 10.0 Å². The van der Waals surface area contributed by atoms with Crippen LogP contribution >= 0.6 is 0 Å². The second-order valence-corrected chi connectivity index (χ2v) is 6.66. The van der Waals surface area contributed by atoms with E-state index in [1.54, 1.807) is 12.4 Å². The first-order valence-electron chi connectivity index (χ1n) is 5.98. The largest absolute Gasteiger partial charge is 0.489 e. The maximum absolute atomic E-state index is 11.4. The highest BCUT2D eigenvalue weighted by atomic mass is 32.2. The summed E-state index contributed by atoms with van der Waals surface area (Å²) in [4.78, 5) is 4.07. The van der Waals surface area contributed by atoms with E-state index in [4.69, 9.17) is 4.74 Å². The minimum absolute atomic E-state index is 0.0756. The molecule has 100 valence electrons. The van der Waals surface area contributed by atoms with Crippen LogP contribution < -0.4 is 4.74 Å². The van der Waals surface area contributed by atoms with Gasteiger partial charge in [0.1, 0.15) is 11.9 Å². The normalized spacial score (nSPS) is 18.8. The van der Waals surface area contributed by atoms with Crippen LogP contribution in [0.25, 0.3) is 0 Å². The Morgan fingerprint density at radius 1 is 1.33 bits per heavy atom. The number of pyridine rings is 1. The summed E-state index contributed by atoms with van der Waals surface area (Å²) in [5, 5.41) is 0. The molecule has 0 saturated carbocycles. The van der Waals surface area contributed by atoms with Crippen molar-refractivity contribution in [2.24, 2.45) is 0 Å². The van der Waals surface area contributed by atoms with Crippen LogP contribution in [0.4, 0.5) is 0 Å². The van der Waals surface area contributed by atoms with Crippen molar-refractivity contribution < 1.29 is 13.2 Å². The topological polar surface area (TPSA) is 59.5 Å². The molecule has 0 aromatic carbocycles. The van der Waals surface area contributed by atoms with Gasteiger partial charge in [-0.15, -0.1) is 0 Å². The maximum Gasteiger partial charge on any atom is 0.211 e. The van der Waals surface area contributed by atoms with E-state index in [-0.39, 0.29) is 6.10 Å². The van der Waals surface area contributed by atoms with Gasteiger partial charge in [0.15, 0.2) is 0 Å². The van der Waals surface area contributed by atoms with Gasteiger partial charge in [-0.1, -0.05) is 0 Å². The first-order chi connectivity index (χ1) is 8.45. The van der Waals surface area contributed by atoms with Crippen molar-refractivity contribution in [1.29, 1.82) is 0 Å². The average molecular weight is 270 g/mol. The Morgan fingerprint density at radius 3 is 2.56 bits per heavy atom. The zero-order valence-corrected chi connectivity index (χ0v) is 11.5. The molecule has 0 amide bonds. The second-order valence-electron chi connectivity index (χ2n) is 4.68. The van der Waals surface area contributed by atoms with Crippen LogP contribution in [0.1, 0.15) is 18.4 Å². The molecule has 0 spiro atoms. The molecule has 1 saturated heterocycles. The molecule has 0 atom stereocenters. The van der Waals surface area contributed by atoms with Crippen LogP contribution in [-0.2, 0) is 10.0 Å². The van der Waals surface area contributed by atoms with Gasteiger partial charge in [-0.2, -0.15) is 0 Å². The molecular weight excluding hydrogens is 252 g/mol. The minimum atomic E-state index is -3.06. The third-order valence-electron chi connectivity index (χ3n) is 3.02. The fraction of sp³-hybridized carbons (Fsp3) is 0.583. The zero-order chi connectivity index (χ0) is 13.2. The molecule has 1 aliphatic heterocycles. The standard InChI is InChI=1S/C12H18N2O3S/c1-10-7-12(9-13-8-10)17-11-3-5-14(6-4-11)18(2,15)16/h7-9,11H,3-6H2,1-2H3. The maximum atomic E-state index is 11.4. The minimum Gasteiger partial charge on any atom is -0.489 e. The molecule has 2 rings (SSSR count). The van der Waals surface area contributed by atoms with Crippen molar-refractivity contribution in [3.63, 3.8) is 0 Å². The molecule has 0 N–H and O–H groups in total. The second kappa shape index (κ2) is 5.24. The third kappa shape index (κ3) is 3.43. The average Bonchev–Trinajstić information content (AvgIpc) is 2.28. The SMILES string of the molecule is Cc1cncc(OC2CCN(S(C)(=O)=O)CC2)c1. The summed E-state index contributed by atoms with van der Waals surface area (Å²) in [7, 11) is -3.06. The van der Waals surface area contributed by atoms with Crippen molar-refractivity contribution in [2.45, 2.75) is 25.9 Å². The highest BCUT2D eigenvalue weighted by molar-refractivity contribution is 7.88. The van der Waals surface area contributed by atoms with Crippen molar-refractivity contribution in [2.75, 3.05) is 19.3 Å². The van der Waals surface area contributed by atoms with E-state index in [0.29, 0.717) is 13.1 Å². The summed E-state index contributed by atoms with van der Waals surface area (Å²) in [6.07, 6.45) is 6.24. The van der Waals surface area contributed by atoms with Gasteiger partial charge >= 0.3 is 0 Å². The Hall–Kier alpha value is -1.14. The predicted octanol–water partition coefficient (Wildman–Crippen LogP) is 1.19. The highest BCUT2D eigenvalue weighted by Gasteiger charge is 2.25. The van der Waals surface area contributed by atoms with Gasteiger partial charge in [-0.3, -0.25) is 4.98 Å². The van der Waals surface area contributed by atoms with E-state index in [0.717, 1.165) is 24.2 Å². The van der Waals surface area contributed by atoms with Gasteiger partial charge in [-0.05, 0) is 31.4 Å². The van der Waals surface area contributed by atoms with Crippen LogP contribution in [0.2, 0.25) is 0 Å². The van der Waals surface area contributed by atoms with Crippen molar-refractivity contribution >= 4 is 10.0 Å². The lowest BCUT2D eigenvalue weighted by molar-refractivity contribution is 0.135. The Morgan fingerprint density at radius 2 is 2.00 bits per heavy atom. The van der Waals surface area contributed by atoms with Crippen molar-refractivity contribution in [3.05, 3.63) is 24.0 Å². The van der Waals surface area contributed by atoms with E-state index in [2.05, 4.69) is 4.98 Å². The lowest BCUT2D eigenvalue weighted by atomic mass is 10.1. The first-order valence-corrected chi connectivity index (χ1v) is 7.83. The predicted molar refractivity (Wildman–Crippen MR) is 69.0 cm³/mol. The number of piperidine rings is 1. The lowest BCUT2D eigenvalue weighted by Crippen LogP contribution is -2.41. The van der Waals surface area contributed by atoms with Gasteiger partial charge in [0, 0.05) is 19.3 Å². The molecule has 0 bridgehead atoms. The smallest absolute Gasteiger partial charge is 0.211 e. The van der Waals surface area contributed by atoms with Crippen molar-refractivity contribution in [1.82, 2.24) is 9.29 Å². The fourth-order valence-electron chi connectivity index (χ4n) is 2.07. The number of sulfonamides is 1. The number of aryl methyl sites for hydroxylation is 1.